The molecule has 3 aromatic rings. The number of amides is 1. The normalized spacial score (nSPS) is 14.0. The molecule has 0 saturated heterocycles. The lowest BCUT2D eigenvalue weighted by molar-refractivity contribution is -0.120. The number of carbonyl (C=O) groups is 1. The van der Waals surface area contributed by atoms with Crippen LogP contribution in [0.4, 0.5) is 0 Å². The van der Waals surface area contributed by atoms with Gasteiger partial charge in [-0.3, -0.25) is 4.79 Å². The van der Waals surface area contributed by atoms with Gasteiger partial charge >= 0.3 is 0 Å². The molecule has 150 valence electrons. The van der Waals surface area contributed by atoms with E-state index in [9.17, 15) is 4.79 Å². The Kier molecular flexibility index (Phi) is 7.18. The first-order chi connectivity index (χ1) is 14.2. The monoisotopic (exact) mass is 391 g/mol. The van der Waals surface area contributed by atoms with Crippen molar-refractivity contribution >= 4 is 28.0 Å². The van der Waals surface area contributed by atoms with Gasteiger partial charge in [0.2, 0.25) is 5.91 Å². The van der Waals surface area contributed by atoms with Crippen LogP contribution in [0.15, 0.2) is 18.5 Å². The Labute approximate surface area is 169 Å². The highest BCUT2D eigenvalue weighted by molar-refractivity contribution is 6.00. The van der Waals surface area contributed by atoms with Gasteiger partial charge in [0.15, 0.2) is 0 Å². The van der Waals surface area contributed by atoms with Gasteiger partial charge in [0.05, 0.1) is 36.7 Å². The van der Waals surface area contributed by atoms with E-state index >= 15 is 0 Å². The molecule has 0 spiro atoms. The number of nitrogens with one attached hydrogen (secondary N) is 3. The summed E-state index contributed by atoms with van der Waals surface area (Å²) in [6.07, 6.45) is 11.5. The Hall–Kier alpha value is -3.39. The highest BCUT2D eigenvalue weighted by Crippen LogP contribution is 2.25. The van der Waals surface area contributed by atoms with E-state index in [0.717, 1.165) is 34.4 Å². The number of nitriles is 2. The summed E-state index contributed by atoms with van der Waals surface area (Å²) < 4.78 is 0. The van der Waals surface area contributed by atoms with Crippen LogP contribution >= 0.6 is 0 Å². The third-order valence-electron chi connectivity index (χ3n) is 5.08. The topological polar surface area (TPSA) is 134 Å². The van der Waals surface area contributed by atoms with Crippen LogP contribution < -0.4 is 5.32 Å². The van der Waals surface area contributed by atoms with E-state index in [0.29, 0.717) is 18.8 Å². The molecule has 0 unspecified atom stereocenters. The summed E-state index contributed by atoms with van der Waals surface area (Å²) in [4.78, 5) is 26.5. The van der Waals surface area contributed by atoms with Gasteiger partial charge < -0.3 is 15.3 Å². The molecule has 3 aromatic heterocycles. The molecule has 3 heterocycles. The van der Waals surface area contributed by atoms with Crippen molar-refractivity contribution in [1.82, 2.24) is 25.3 Å². The number of hydrogen-bond acceptors (Lipinski definition) is 5. The Morgan fingerprint density at radius 1 is 1.24 bits per heavy atom. The summed E-state index contributed by atoms with van der Waals surface area (Å²) in [5, 5.41) is 20.4. The molecule has 1 aliphatic rings. The highest BCUT2D eigenvalue weighted by Gasteiger charge is 2.12. The van der Waals surface area contributed by atoms with Crippen molar-refractivity contribution in [3.63, 3.8) is 0 Å². The molecule has 3 N–H and O–H groups in total. The van der Waals surface area contributed by atoms with Gasteiger partial charge in [0.25, 0.3) is 0 Å². The van der Waals surface area contributed by atoms with Crippen molar-refractivity contribution in [2.24, 2.45) is 5.92 Å². The second-order valence-electron chi connectivity index (χ2n) is 7.25. The highest BCUT2D eigenvalue weighted by atomic mass is 16.1. The fourth-order valence-corrected chi connectivity index (χ4v) is 3.60. The minimum absolute atomic E-state index is 0.155. The van der Waals surface area contributed by atoms with Crippen molar-refractivity contribution in [3.05, 3.63) is 24.3 Å². The summed E-state index contributed by atoms with van der Waals surface area (Å²) >= 11 is 0. The fourth-order valence-electron chi connectivity index (χ4n) is 3.60. The largest absolute Gasteiger partial charge is 0.355 e. The van der Waals surface area contributed by atoms with Gasteiger partial charge in [0.1, 0.15) is 17.0 Å². The molecule has 1 aliphatic carbocycles. The molecular formula is C21H25N7O. The summed E-state index contributed by atoms with van der Waals surface area (Å²) in [6.45, 7) is 0.360. The predicted octanol–water partition coefficient (Wildman–Crippen LogP) is 3.49. The van der Waals surface area contributed by atoms with Crippen molar-refractivity contribution in [2.75, 3.05) is 6.54 Å². The van der Waals surface area contributed by atoms with Crippen LogP contribution in [0.3, 0.4) is 0 Å². The maximum atomic E-state index is 11.7. The number of aromatic amines is 2. The second-order valence-corrected chi connectivity index (χ2v) is 7.25. The first-order valence-electron chi connectivity index (χ1n) is 10.0. The van der Waals surface area contributed by atoms with Gasteiger partial charge in [-0.25, -0.2) is 9.97 Å². The zero-order valence-corrected chi connectivity index (χ0v) is 16.4. The molecule has 0 radical (unpaired) electrons. The average molecular weight is 391 g/mol. The van der Waals surface area contributed by atoms with Crippen LogP contribution in [-0.2, 0) is 11.2 Å². The van der Waals surface area contributed by atoms with Crippen molar-refractivity contribution < 1.29 is 4.79 Å². The molecular weight excluding hydrogens is 366 g/mol. The molecule has 1 saturated carbocycles. The molecule has 29 heavy (non-hydrogen) atoms. The maximum Gasteiger partial charge on any atom is 0.227 e. The van der Waals surface area contributed by atoms with Crippen LogP contribution in [0.1, 0.15) is 50.8 Å². The summed E-state index contributed by atoms with van der Waals surface area (Å²) in [7, 11) is 0. The second kappa shape index (κ2) is 10.2. The maximum absolute atomic E-state index is 11.7. The van der Waals surface area contributed by atoms with E-state index in [4.69, 9.17) is 10.5 Å². The van der Waals surface area contributed by atoms with E-state index in [2.05, 4.69) is 31.3 Å². The Morgan fingerprint density at radius 2 is 2.07 bits per heavy atom. The van der Waals surface area contributed by atoms with Crippen molar-refractivity contribution in [1.29, 1.82) is 10.5 Å². The van der Waals surface area contributed by atoms with Crippen LogP contribution in [0, 0.1) is 28.6 Å². The number of pyridine rings is 1. The van der Waals surface area contributed by atoms with Crippen LogP contribution in [-0.4, -0.2) is 32.4 Å². The molecule has 8 heteroatoms. The van der Waals surface area contributed by atoms with E-state index < -0.39 is 0 Å². The van der Waals surface area contributed by atoms with Crippen LogP contribution in [0.5, 0.6) is 0 Å². The Morgan fingerprint density at radius 3 is 2.83 bits per heavy atom. The van der Waals surface area contributed by atoms with Gasteiger partial charge in [-0.1, -0.05) is 19.3 Å². The average Bonchev–Trinajstić information content (AvgIpc) is 3.35. The first kappa shape index (κ1) is 20.3. The number of carbonyl (C=O) groups excluding carboxylic acids is 1. The number of fused-ring (bicyclic) bond motifs is 3. The zero-order valence-electron chi connectivity index (χ0n) is 16.4. The number of imidazole rings is 1. The van der Waals surface area contributed by atoms with E-state index in [1.807, 2.05) is 12.1 Å². The van der Waals surface area contributed by atoms with E-state index in [1.54, 1.807) is 12.4 Å². The van der Waals surface area contributed by atoms with Crippen molar-refractivity contribution in [2.45, 2.75) is 51.4 Å². The van der Waals surface area contributed by atoms with Crippen molar-refractivity contribution in [3.8, 4) is 12.1 Å². The fraction of sp³-hybridized carbons (Fsp3) is 0.476. The van der Waals surface area contributed by atoms with Gasteiger partial charge in [-0.15, -0.1) is 0 Å². The quantitative estimate of drug-likeness (QED) is 0.572. The smallest absolute Gasteiger partial charge is 0.227 e. The van der Waals surface area contributed by atoms with Crippen LogP contribution in [0.2, 0.25) is 0 Å². The lowest BCUT2D eigenvalue weighted by Crippen LogP contribution is -2.26. The molecule has 0 aromatic carbocycles. The summed E-state index contributed by atoms with van der Waals surface area (Å²) in [5.74, 6) is 1.17. The minimum Gasteiger partial charge on any atom is -0.355 e. The zero-order chi connectivity index (χ0) is 20.5. The lowest BCUT2D eigenvalue weighted by Gasteiger charge is -2.17. The summed E-state index contributed by atoms with van der Waals surface area (Å²) in [5.41, 5.74) is 2.38. The van der Waals surface area contributed by atoms with Gasteiger partial charge in [-0.05, 0) is 24.8 Å². The number of nitrogens with zero attached hydrogens (tertiary/aromatic N) is 4. The number of hydrogen-bond donors (Lipinski definition) is 3. The Balaban J connectivity index is 0.000000224. The summed E-state index contributed by atoms with van der Waals surface area (Å²) in [6, 6.07) is 6.12. The standard InChI is InChI=1S/C13H12N6O.C8H13N/c14-3-1-4-15-11(20)6-10-18-9-7-17-13-8(2-5-16-13)12(9)19-10;9-7-6-8-4-2-1-3-5-8/h2,5,7H,1,4,6H2,(H,15,20)(H,16,17)(H,18,19);8H,1-6H2. The molecule has 4 rings (SSSR count). The minimum atomic E-state index is -0.155. The number of H-pyrrole nitrogens is 2. The molecule has 0 bridgehead atoms. The lowest BCUT2D eigenvalue weighted by atomic mass is 9.87. The third-order valence-corrected chi connectivity index (χ3v) is 5.08. The predicted molar refractivity (Wildman–Crippen MR) is 109 cm³/mol. The van der Waals surface area contributed by atoms with E-state index in [1.165, 1.54) is 32.1 Å². The van der Waals surface area contributed by atoms with E-state index in [-0.39, 0.29) is 12.3 Å². The molecule has 1 fully saturated rings. The molecule has 0 aliphatic heterocycles. The third kappa shape index (κ3) is 5.55. The SMILES string of the molecule is N#CCC1CCCCC1.N#CCCNC(=O)Cc1nc2c(cnc3[nH]ccc32)[nH]1. The molecule has 0 atom stereocenters. The Bertz CT molecular complexity index is 1030. The van der Waals surface area contributed by atoms with Crippen LogP contribution in [0.25, 0.3) is 22.1 Å². The number of aromatic nitrogens is 4. The molecule has 8 nitrogen and oxygen atoms in total. The van der Waals surface area contributed by atoms with Gasteiger partial charge in [-0.2, -0.15) is 10.5 Å². The molecule has 1 amide bonds. The van der Waals surface area contributed by atoms with Gasteiger partial charge in [0, 0.05) is 24.5 Å². The number of rotatable bonds is 5. The first-order valence-corrected chi connectivity index (χ1v) is 10.0.